The highest BCUT2D eigenvalue weighted by molar-refractivity contribution is 6.06. The van der Waals surface area contributed by atoms with E-state index in [0.717, 1.165) is 58.5 Å². The summed E-state index contributed by atoms with van der Waals surface area (Å²) < 4.78 is 13.2. The molecule has 1 aliphatic rings. The van der Waals surface area contributed by atoms with Crippen molar-refractivity contribution in [2.45, 2.75) is 25.8 Å². The maximum absolute atomic E-state index is 12.4. The van der Waals surface area contributed by atoms with Crippen molar-refractivity contribution in [3.8, 4) is 5.75 Å². The fourth-order valence-electron chi connectivity index (χ4n) is 4.77. The molecule has 5 rings (SSSR count). The maximum atomic E-state index is 12.4. The molecule has 1 fully saturated rings. The lowest BCUT2D eigenvalue weighted by Crippen LogP contribution is -2.46. The number of pyridine rings is 1. The van der Waals surface area contributed by atoms with Gasteiger partial charge in [-0.3, -0.25) is 0 Å². The number of methoxy groups -OCH3 is 1. The molecule has 1 saturated heterocycles. The molecule has 0 atom stereocenters. The third-order valence-electron chi connectivity index (χ3n) is 6.61. The number of morpholine rings is 1. The van der Waals surface area contributed by atoms with Gasteiger partial charge in [-0.05, 0) is 25.0 Å². The molecule has 4 aromatic rings. The van der Waals surface area contributed by atoms with Crippen molar-refractivity contribution >= 4 is 33.8 Å². The van der Waals surface area contributed by atoms with Gasteiger partial charge in [0.15, 0.2) is 5.82 Å². The number of ether oxygens (including phenoxy) is 2. The van der Waals surface area contributed by atoms with Crippen LogP contribution in [0.4, 0.5) is 10.6 Å². The first kappa shape index (κ1) is 23.9. The first-order valence-corrected chi connectivity index (χ1v) is 12.4. The van der Waals surface area contributed by atoms with Crippen LogP contribution in [-0.2, 0) is 17.7 Å². The number of amides is 2. The number of nitrogens with one attached hydrogen (secondary N) is 1. The van der Waals surface area contributed by atoms with Crippen LogP contribution < -0.4 is 15.8 Å². The van der Waals surface area contributed by atoms with Crippen molar-refractivity contribution in [2.75, 3.05) is 45.7 Å². The van der Waals surface area contributed by atoms with Gasteiger partial charge in [-0.1, -0.05) is 36.4 Å². The summed E-state index contributed by atoms with van der Waals surface area (Å²) in [6, 6.07) is 16.0. The lowest BCUT2D eigenvalue weighted by atomic mass is 10.1. The van der Waals surface area contributed by atoms with Crippen LogP contribution in [0, 0.1) is 0 Å². The highest BCUT2D eigenvalue weighted by Gasteiger charge is 2.19. The average molecular weight is 489 g/mol. The van der Waals surface area contributed by atoms with E-state index in [9.17, 15) is 4.79 Å². The van der Waals surface area contributed by atoms with E-state index in [2.05, 4.69) is 27.0 Å². The van der Waals surface area contributed by atoms with Gasteiger partial charge in [-0.15, -0.1) is 0 Å². The minimum atomic E-state index is -0.0203. The number of carbonyl (C=O) groups is 1. The number of para-hydroxylation sites is 2. The molecule has 188 valence electrons. The molecule has 9 heteroatoms. The highest BCUT2D eigenvalue weighted by atomic mass is 16.5. The Bertz CT molecular complexity index is 1360. The largest absolute Gasteiger partial charge is 0.496 e. The number of hydrogen-bond donors (Lipinski definition) is 2. The predicted octanol–water partition coefficient (Wildman–Crippen LogP) is 3.59. The number of unbranched alkanes of at least 4 members (excludes halogenated alkanes) is 1. The maximum Gasteiger partial charge on any atom is 0.317 e. The summed E-state index contributed by atoms with van der Waals surface area (Å²) in [5.74, 6) is 2.18. The summed E-state index contributed by atoms with van der Waals surface area (Å²) in [5.41, 5.74) is 10.00. The van der Waals surface area contributed by atoms with Gasteiger partial charge in [-0.25, -0.2) is 14.8 Å². The number of aromatic nitrogens is 3. The van der Waals surface area contributed by atoms with E-state index >= 15 is 0 Å². The Morgan fingerprint density at radius 3 is 2.69 bits per heavy atom. The quantitative estimate of drug-likeness (QED) is 0.367. The van der Waals surface area contributed by atoms with Crippen LogP contribution in [0.15, 0.2) is 48.5 Å². The van der Waals surface area contributed by atoms with Gasteiger partial charge in [0.1, 0.15) is 17.1 Å². The number of carbonyl (C=O) groups excluding carboxylic acids is 1. The number of rotatable bonds is 8. The summed E-state index contributed by atoms with van der Waals surface area (Å²) in [5, 5.41) is 4.07. The minimum Gasteiger partial charge on any atom is -0.496 e. The molecular formula is C27H32N6O3. The number of nitrogens with zero attached hydrogens (tertiary/aromatic N) is 4. The SMILES string of the molecule is COc1ccccc1Cc1nc2c(N)nc3ccccc3c2n1CCCCNC(=O)N1CCOCC1. The Labute approximate surface area is 210 Å². The molecule has 0 spiro atoms. The summed E-state index contributed by atoms with van der Waals surface area (Å²) in [7, 11) is 1.68. The van der Waals surface area contributed by atoms with Crippen molar-refractivity contribution in [3.05, 3.63) is 59.9 Å². The lowest BCUT2D eigenvalue weighted by molar-refractivity contribution is 0.0532. The van der Waals surface area contributed by atoms with E-state index in [1.807, 2.05) is 36.4 Å². The second-order valence-corrected chi connectivity index (χ2v) is 8.92. The molecule has 3 heterocycles. The van der Waals surface area contributed by atoms with E-state index < -0.39 is 0 Å². The van der Waals surface area contributed by atoms with E-state index in [0.29, 0.717) is 45.1 Å². The summed E-state index contributed by atoms with van der Waals surface area (Å²) in [4.78, 5) is 23.7. The topological polar surface area (TPSA) is 108 Å². The monoisotopic (exact) mass is 488 g/mol. The normalized spacial score (nSPS) is 13.9. The van der Waals surface area contributed by atoms with Crippen LogP contribution in [0.2, 0.25) is 0 Å². The fraction of sp³-hybridized carbons (Fsp3) is 0.370. The van der Waals surface area contributed by atoms with Crippen LogP contribution in [0.3, 0.4) is 0 Å². The molecular weight excluding hydrogens is 456 g/mol. The highest BCUT2D eigenvalue weighted by Crippen LogP contribution is 2.31. The zero-order chi connectivity index (χ0) is 24.9. The molecule has 2 aromatic carbocycles. The van der Waals surface area contributed by atoms with E-state index in [-0.39, 0.29) is 6.03 Å². The zero-order valence-electron chi connectivity index (χ0n) is 20.6. The van der Waals surface area contributed by atoms with Gasteiger partial charge in [0.2, 0.25) is 0 Å². The van der Waals surface area contributed by atoms with Gasteiger partial charge in [0, 0.05) is 43.5 Å². The minimum absolute atomic E-state index is 0.0203. The zero-order valence-corrected chi connectivity index (χ0v) is 20.6. The molecule has 0 radical (unpaired) electrons. The Morgan fingerprint density at radius 2 is 1.86 bits per heavy atom. The molecule has 9 nitrogen and oxygen atoms in total. The van der Waals surface area contributed by atoms with Crippen molar-refractivity contribution in [1.82, 2.24) is 24.8 Å². The molecule has 0 bridgehead atoms. The van der Waals surface area contributed by atoms with Gasteiger partial charge >= 0.3 is 6.03 Å². The molecule has 3 N–H and O–H groups in total. The van der Waals surface area contributed by atoms with Crippen molar-refractivity contribution < 1.29 is 14.3 Å². The van der Waals surface area contributed by atoms with E-state index in [1.165, 1.54) is 0 Å². The Morgan fingerprint density at radius 1 is 1.08 bits per heavy atom. The van der Waals surface area contributed by atoms with Crippen LogP contribution in [0.1, 0.15) is 24.2 Å². The molecule has 1 aliphatic heterocycles. The third-order valence-corrected chi connectivity index (χ3v) is 6.61. The molecule has 0 aliphatic carbocycles. The summed E-state index contributed by atoms with van der Waals surface area (Å²) >= 11 is 0. The molecule has 0 saturated carbocycles. The number of urea groups is 1. The predicted molar refractivity (Wildman–Crippen MR) is 140 cm³/mol. The number of nitrogens with two attached hydrogens (primary N) is 1. The van der Waals surface area contributed by atoms with Crippen LogP contribution in [0.25, 0.3) is 21.9 Å². The second-order valence-electron chi connectivity index (χ2n) is 8.92. The number of nitrogen functional groups attached to an aromatic ring is 1. The van der Waals surface area contributed by atoms with E-state index in [4.69, 9.17) is 20.2 Å². The standard InChI is InChI=1S/C27H32N6O3/c1-35-22-11-5-2-8-19(22)18-23-31-24-25(20-9-3-4-10-21(20)30-26(24)28)33(23)13-7-6-12-29-27(34)32-14-16-36-17-15-32/h2-5,8-11H,6-7,12-18H2,1H3,(H2,28,30)(H,29,34). The molecule has 36 heavy (non-hydrogen) atoms. The van der Waals surface area contributed by atoms with Gasteiger partial charge in [0.05, 0.1) is 31.4 Å². The molecule has 0 unspecified atom stereocenters. The van der Waals surface area contributed by atoms with Gasteiger partial charge < -0.3 is 30.0 Å². The van der Waals surface area contributed by atoms with Gasteiger partial charge in [0.25, 0.3) is 0 Å². The van der Waals surface area contributed by atoms with Crippen LogP contribution in [-0.4, -0.2) is 65.4 Å². The van der Waals surface area contributed by atoms with Crippen molar-refractivity contribution in [1.29, 1.82) is 0 Å². The third kappa shape index (κ3) is 4.92. The Hall–Kier alpha value is -3.85. The second kappa shape index (κ2) is 10.8. The molecule has 2 amide bonds. The summed E-state index contributed by atoms with van der Waals surface area (Å²) in [6.07, 6.45) is 2.34. The first-order valence-electron chi connectivity index (χ1n) is 12.4. The lowest BCUT2D eigenvalue weighted by Gasteiger charge is -2.26. The van der Waals surface area contributed by atoms with Crippen LogP contribution >= 0.6 is 0 Å². The first-order chi connectivity index (χ1) is 17.7. The average Bonchev–Trinajstić information content (AvgIpc) is 3.28. The molecule has 2 aromatic heterocycles. The fourth-order valence-corrected chi connectivity index (χ4v) is 4.77. The van der Waals surface area contributed by atoms with Gasteiger partial charge in [-0.2, -0.15) is 0 Å². The number of hydrogen-bond acceptors (Lipinski definition) is 6. The van der Waals surface area contributed by atoms with Crippen molar-refractivity contribution in [2.24, 2.45) is 0 Å². The van der Waals surface area contributed by atoms with Crippen molar-refractivity contribution in [3.63, 3.8) is 0 Å². The summed E-state index contributed by atoms with van der Waals surface area (Å²) in [6.45, 7) is 3.85. The number of anilines is 1. The number of benzene rings is 2. The number of fused-ring (bicyclic) bond motifs is 3. The Balaban J connectivity index is 1.39. The van der Waals surface area contributed by atoms with E-state index in [1.54, 1.807) is 12.0 Å². The van der Waals surface area contributed by atoms with Crippen LogP contribution in [0.5, 0.6) is 5.75 Å². The number of imidazole rings is 1. The smallest absolute Gasteiger partial charge is 0.317 e. The number of aryl methyl sites for hydroxylation is 1. The Kier molecular flexibility index (Phi) is 7.18.